The van der Waals surface area contributed by atoms with Crippen molar-refractivity contribution in [1.82, 2.24) is 9.47 Å². The molecule has 6 heteroatoms. The summed E-state index contributed by atoms with van der Waals surface area (Å²) in [5.41, 5.74) is -0.439. The first-order valence-electron chi connectivity index (χ1n) is 10.0. The normalized spacial score (nSPS) is 14.2. The Morgan fingerprint density at radius 1 is 1.04 bits per heavy atom. The lowest BCUT2D eigenvalue weighted by atomic mass is 10.2. The Bertz CT molecular complexity index is 826. The highest BCUT2D eigenvalue weighted by molar-refractivity contribution is 5.89. The van der Waals surface area contributed by atoms with E-state index in [1.54, 1.807) is 31.5 Å². The molecule has 28 heavy (non-hydrogen) atoms. The summed E-state index contributed by atoms with van der Waals surface area (Å²) in [6.45, 7) is 6.14. The fraction of sp³-hybridized carbons (Fsp3) is 0.455. The fourth-order valence-corrected chi connectivity index (χ4v) is 3.41. The van der Waals surface area contributed by atoms with Crippen LogP contribution in [-0.4, -0.2) is 41.7 Å². The van der Waals surface area contributed by atoms with Crippen LogP contribution in [0.15, 0.2) is 47.5 Å². The van der Waals surface area contributed by atoms with Crippen LogP contribution in [0.25, 0.3) is 0 Å². The molecular weight excluding hydrogens is 356 g/mol. The van der Waals surface area contributed by atoms with E-state index in [9.17, 15) is 9.59 Å². The number of unbranched alkanes of at least 4 members (excludes halogenated alkanes) is 1. The number of benzene rings is 1. The van der Waals surface area contributed by atoms with Gasteiger partial charge in [0.25, 0.3) is 0 Å². The van der Waals surface area contributed by atoms with Crippen LogP contribution < -0.4 is 10.2 Å². The SMILES string of the molecule is CCOC(=O)c1cn(CCCCN2CCCC2)cc(Oc2ccccc2)c1=O. The second-order valence-corrected chi connectivity index (χ2v) is 6.99. The largest absolute Gasteiger partial charge is 0.462 e. The molecule has 6 nitrogen and oxygen atoms in total. The van der Waals surface area contributed by atoms with Crippen LogP contribution in [0.4, 0.5) is 0 Å². The van der Waals surface area contributed by atoms with Crippen molar-refractivity contribution in [2.45, 2.75) is 39.2 Å². The number of hydrogen-bond donors (Lipinski definition) is 0. The number of para-hydroxylation sites is 1. The highest BCUT2D eigenvalue weighted by Gasteiger charge is 2.17. The molecule has 1 aromatic carbocycles. The average molecular weight is 384 g/mol. The van der Waals surface area contributed by atoms with Crippen LogP contribution in [0.2, 0.25) is 0 Å². The van der Waals surface area contributed by atoms with E-state index in [2.05, 4.69) is 4.90 Å². The number of pyridine rings is 1. The monoisotopic (exact) mass is 384 g/mol. The third-order valence-electron chi connectivity index (χ3n) is 4.85. The molecule has 0 aliphatic carbocycles. The molecule has 3 rings (SSSR count). The fourth-order valence-electron chi connectivity index (χ4n) is 3.41. The number of aryl methyl sites for hydroxylation is 1. The van der Waals surface area contributed by atoms with Crippen molar-refractivity contribution in [2.24, 2.45) is 0 Å². The molecule has 150 valence electrons. The van der Waals surface area contributed by atoms with E-state index in [0.29, 0.717) is 12.3 Å². The van der Waals surface area contributed by atoms with Crippen molar-refractivity contribution in [3.63, 3.8) is 0 Å². The van der Waals surface area contributed by atoms with E-state index in [-0.39, 0.29) is 17.9 Å². The van der Waals surface area contributed by atoms with Gasteiger partial charge >= 0.3 is 5.97 Å². The number of carbonyl (C=O) groups excluding carboxylic acids is 1. The number of carbonyl (C=O) groups is 1. The minimum atomic E-state index is -0.614. The Morgan fingerprint density at radius 3 is 2.46 bits per heavy atom. The minimum absolute atomic E-state index is 0.00910. The van der Waals surface area contributed by atoms with Gasteiger partial charge in [-0.3, -0.25) is 4.79 Å². The second kappa shape index (κ2) is 10.1. The summed E-state index contributed by atoms with van der Waals surface area (Å²) in [5, 5.41) is 0. The van der Waals surface area contributed by atoms with Crippen molar-refractivity contribution in [1.29, 1.82) is 0 Å². The van der Waals surface area contributed by atoms with Crippen molar-refractivity contribution in [3.8, 4) is 11.5 Å². The molecule has 0 bridgehead atoms. The molecule has 1 fully saturated rings. The maximum absolute atomic E-state index is 12.7. The molecule has 0 spiro atoms. The van der Waals surface area contributed by atoms with E-state index in [1.807, 2.05) is 22.8 Å². The molecule has 0 amide bonds. The number of hydrogen-bond acceptors (Lipinski definition) is 5. The molecule has 1 aliphatic heterocycles. The van der Waals surface area contributed by atoms with Gasteiger partial charge in [0, 0.05) is 12.7 Å². The Kier molecular flexibility index (Phi) is 7.25. The van der Waals surface area contributed by atoms with Crippen LogP contribution in [0.3, 0.4) is 0 Å². The summed E-state index contributed by atoms with van der Waals surface area (Å²) < 4.78 is 12.7. The molecule has 2 aromatic rings. The number of esters is 1. The predicted molar refractivity (Wildman–Crippen MR) is 108 cm³/mol. The highest BCUT2D eigenvalue weighted by Crippen LogP contribution is 2.18. The van der Waals surface area contributed by atoms with Gasteiger partial charge in [-0.15, -0.1) is 0 Å². The Labute approximate surface area is 165 Å². The number of ether oxygens (including phenoxy) is 2. The first-order chi connectivity index (χ1) is 13.7. The van der Waals surface area contributed by atoms with Gasteiger partial charge in [-0.1, -0.05) is 18.2 Å². The second-order valence-electron chi connectivity index (χ2n) is 6.99. The van der Waals surface area contributed by atoms with Gasteiger partial charge in [0.05, 0.1) is 12.8 Å². The van der Waals surface area contributed by atoms with Crippen molar-refractivity contribution in [2.75, 3.05) is 26.2 Å². The molecule has 2 heterocycles. The van der Waals surface area contributed by atoms with E-state index in [4.69, 9.17) is 9.47 Å². The van der Waals surface area contributed by atoms with Crippen LogP contribution >= 0.6 is 0 Å². The Balaban J connectivity index is 1.73. The van der Waals surface area contributed by atoms with Gasteiger partial charge in [0.2, 0.25) is 5.43 Å². The number of rotatable bonds is 9. The average Bonchev–Trinajstić information content (AvgIpc) is 3.22. The van der Waals surface area contributed by atoms with E-state index >= 15 is 0 Å². The van der Waals surface area contributed by atoms with Gasteiger partial charge in [-0.2, -0.15) is 0 Å². The van der Waals surface area contributed by atoms with Crippen molar-refractivity contribution < 1.29 is 14.3 Å². The molecule has 0 N–H and O–H groups in total. The van der Waals surface area contributed by atoms with Crippen molar-refractivity contribution in [3.05, 3.63) is 58.5 Å². The first kappa shape index (κ1) is 20.1. The molecule has 1 saturated heterocycles. The van der Waals surface area contributed by atoms with Crippen molar-refractivity contribution >= 4 is 5.97 Å². The van der Waals surface area contributed by atoms with Gasteiger partial charge in [-0.25, -0.2) is 4.79 Å². The smallest absolute Gasteiger partial charge is 0.343 e. The summed E-state index contributed by atoms with van der Waals surface area (Å²) in [5.74, 6) is 0.0781. The molecule has 0 saturated carbocycles. The summed E-state index contributed by atoms with van der Waals surface area (Å²) in [6, 6.07) is 9.09. The zero-order valence-electron chi connectivity index (χ0n) is 16.4. The molecule has 0 unspecified atom stereocenters. The standard InChI is InChI=1S/C22H28N2O4/c1-2-27-22(26)19-16-24(15-9-8-14-23-12-6-7-13-23)17-20(21(19)25)28-18-10-4-3-5-11-18/h3-5,10-11,16-17H,2,6-9,12-15H2,1H3. The van der Waals surface area contributed by atoms with Gasteiger partial charge in [-0.05, 0) is 64.4 Å². The minimum Gasteiger partial charge on any atom is -0.462 e. The van der Waals surface area contributed by atoms with Crippen LogP contribution in [0, 0.1) is 0 Å². The third-order valence-corrected chi connectivity index (χ3v) is 4.85. The zero-order chi connectivity index (χ0) is 19.8. The summed E-state index contributed by atoms with van der Waals surface area (Å²) >= 11 is 0. The topological polar surface area (TPSA) is 60.8 Å². The zero-order valence-corrected chi connectivity index (χ0v) is 16.4. The number of likely N-dealkylation sites (tertiary alicyclic amines) is 1. The molecule has 0 radical (unpaired) electrons. The molecule has 0 atom stereocenters. The van der Waals surface area contributed by atoms with E-state index in [0.717, 1.165) is 19.4 Å². The van der Waals surface area contributed by atoms with E-state index < -0.39 is 11.4 Å². The number of nitrogens with zero attached hydrogens (tertiary/aromatic N) is 2. The summed E-state index contributed by atoms with van der Waals surface area (Å²) in [7, 11) is 0. The molecule has 1 aliphatic rings. The van der Waals surface area contributed by atoms with Gasteiger partial charge in [0.15, 0.2) is 5.75 Å². The predicted octanol–water partition coefficient (Wildman–Crippen LogP) is 3.69. The lowest BCUT2D eigenvalue weighted by Crippen LogP contribution is -2.22. The first-order valence-corrected chi connectivity index (χ1v) is 10.0. The lowest BCUT2D eigenvalue weighted by Gasteiger charge is -2.15. The van der Waals surface area contributed by atoms with Crippen LogP contribution in [0.1, 0.15) is 43.0 Å². The highest BCUT2D eigenvalue weighted by atomic mass is 16.5. The quantitative estimate of drug-likeness (QED) is 0.487. The molecular formula is C22H28N2O4. The summed E-state index contributed by atoms with van der Waals surface area (Å²) in [6.07, 6.45) is 7.88. The van der Waals surface area contributed by atoms with Crippen LogP contribution in [0.5, 0.6) is 11.5 Å². The van der Waals surface area contributed by atoms with E-state index in [1.165, 1.54) is 25.9 Å². The lowest BCUT2D eigenvalue weighted by molar-refractivity contribution is 0.0523. The molecule has 1 aromatic heterocycles. The van der Waals surface area contributed by atoms with Gasteiger partial charge < -0.3 is 18.9 Å². The number of aromatic nitrogens is 1. The van der Waals surface area contributed by atoms with Crippen LogP contribution in [-0.2, 0) is 11.3 Å². The maximum atomic E-state index is 12.7. The Morgan fingerprint density at radius 2 is 1.75 bits per heavy atom. The maximum Gasteiger partial charge on any atom is 0.343 e. The van der Waals surface area contributed by atoms with Gasteiger partial charge in [0.1, 0.15) is 11.3 Å². The Hall–Kier alpha value is -2.60. The summed E-state index contributed by atoms with van der Waals surface area (Å²) in [4.78, 5) is 27.4. The third kappa shape index (κ3) is 5.45.